The minimum Gasteiger partial charge on any atom is -0.148 e. The van der Waals surface area contributed by atoms with Crippen molar-refractivity contribution in [1.82, 2.24) is 0 Å². The zero-order chi connectivity index (χ0) is 11.3. The van der Waals surface area contributed by atoms with E-state index in [4.69, 9.17) is 0 Å². The molecule has 0 heterocycles. The summed E-state index contributed by atoms with van der Waals surface area (Å²) in [6.45, 7) is 9.96. The maximum absolute atomic E-state index is 4.17. The van der Waals surface area contributed by atoms with Gasteiger partial charge in [-0.05, 0) is 29.4 Å². The van der Waals surface area contributed by atoms with Gasteiger partial charge in [0.05, 0.1) is 0 Å². The van der Waals surface area contributed by atoms with Crippen molar-refractivity contribution < 1.29 is 0 Å². The van der Waals surface area contributed by atoms with E-state index in [1.807, 2.05) is 12.1 Å². The number of hydrogen-bond acceptors (Lipinski definition) is 2. The Kier molecular flexibility index (Phi) is 5.06. The van der Waals surface area contributed by atoms with Gasteiger partial charge < -0.3 is 0 Å². The highest BCUT2D eigenvalue weighted by atomic mass is 32.2. The van der Waals surface area contributed by atoms with Crippen LogP contribution in [0.3, 0.4) is 0 Å². The van der Waals surface area contributed by atoms with E-state index in [1.165, 1.54) is 11.1 Å². The fourth-order valence-corrected chi connectivity index (χ4v) is 2.50. The Morgan fingerprint density at radius 3 is 2.60 bits per heavy atom. The minimum atomic E-state index is 0.929. The smallest absolute Gasteiger partial charge is 0.00753 e. The fraction of sp³-hybridized carbons (Fsp3) is 0.231. The molecule has 2 heteroatoms. The van der Waals surface area contributed by atoms with Crippen LogP contribution in [0.25, 0.3) is 4.91 Å². The lowest BCUT2D eigenvalue weighted by atomic mass is 10.1. The highest BCUT2D eigenvalue weighted by molar-refractivity contribution is 8.08. The Balaban J connectivity index is 2.54. The van der Waals surface area contributed by atoms with E-state index < -0.39 is 0 Å². The molecule has 80 valence electrons. The molecule has 0 fully saturated rings. The quantitative estimate of drug-likeness (QED) is 0.733. The van der Waals surface area contributed by atoms with Gasteiger partial charge in [-0.1, -0.05) is 37.4 Å². The van der Waals surface area contributed by atoms with Crippen LogP contribution in [0, 0.1) is 6.92 Å². The molecule has 0 amide bonds. The molecule has 15 heavy (non-hydrogen) atoms. The third-order valence-corrected chi connectivity index (χ3v) is 3.31. The van der Waals surface area contributed by atoms with Crippen molar-refractivity contribution in [2.24, 2.45) is 0 Å². The largest absolute Gasteiger partial charge is 0.148 e. The van der Waals surface area contributed by atoms with Crippen molar-refractivity contribution in [3.05, 3.63) is 53.5 Å². The van der Waals surface area contributed by atoms with Crippen molar-refractivity contribution in [3.63, 3.8) is 0 Å². The molecular formula is C13H16S2. The lowest BCUT2D eigenvalue weighted by Crippen LogP contribution is -1.86. The molecule has 0 aliphatic carbocycles. The summed E-state index contributed by atoms with van der Waals surface area (Å²) in [6, 6.07) is 8.32. The summed E-state index contributed by atoms with van der Waals surface area (Å²) in [6.07, 6.45) is 0.929. The maximum atomic E-state index is 4.17. The molecule has 0 saturated carbocycles. The third kappa shape index (κ3) is 4.18. The number of allylic oxidation sites excluding steroid dienone is 1. The van der Waals surface area contributed by atoms with Gasteiger partial charge in [-0.15, -0.1) is 24.4 Å². The number of thioether (sulfide) groups is 1. The van der Waals surface area contributed by atoms with Crippen molar-refractivity contribution >= 4 is 29.3 Å². The fourth-order valence-electron chi connectivity index (χ4n) is 1.26. The first-order valence-corrected chi connectivity index (χ1v) is 6.29. The molecule has 0 aromatic heterocycles. The van der Waals surface area contributed by atoms with Gasteiger partial charge >= 0.3 is 0 Å². The summed E-state index contributed by atoms with van der Waals surface area (Å²) in [4.78, 5) is 2.06. The van der Waals surface area contributed by atoms with Crippen LogP contribution in [0.5, 0.6) is 0 Å². The van der Waals surface area contributed by atoms with E-state index in [2.05, 4.69) is 44.8 Å². The van der Waals surface area contributed by atoms with Crippen LogP contribution in [0.1, 0.15) is 17.5 Å². The molecule has 0 saturated heterocycles. The summed E-state index contributed by atoms with van der Waals surface area (Å²) in [5.74, 6) is 0.996. The van der Waals surface area contributed by atoms with E-state index in [1.54, 1.807) is 11.8 Å². The van der Waals surface area contributed by atoms with Gasteiger partial charge in [0.1, 0.15) is 0 Å². The number of thiol groups is 1. The zero-order valence-electron chi connectivity index (χ0n) is 8.99. The Morgan fingerprint density at radius 1 is 1.33 bits per heavy atom. The first-order valence-electron chi connectivity index (χ1n) is 4.85. The van der Waals surface area contributed by atoms with Gasteiger partial charge in [0.2, 0.25) is 0 Å². The number of hydrogen-bond donors (Lipinski definition) is 1. The SMILES string of the molecule is C=C(S)CCSC(=C)c1ccccc1C. The third-order valence-electron chi connectivity index (χ3n) is 2.11. The van der Waals surface area contributed by atoms with Crippen molar-refractivity contribution in [1.29, 1.82) is 0 Å². The van der Waals surface area contributed by atoms with Crippen LogP contribution in [-0.4, -0.2) is 5.75 Å². The molecule has 0 aliphatic heterocycles. The highest BCUT2D eigenvalue weighted by Crippen LogP contribution is 2.29. The summed E-state index contributed by atoms with van der Waals surface area (Å²) in [5.41, 5.74) is 2.52. The topological polar surface area (TPSA) is 0 Å². The Bertz CT molecular complexity index is 367. The Morgan fingerprint density at radius 2 is 2.00 bits per heavy atom. The predicted octanol–water partition coefficient (Wildman–Crippen LogP) is 4.53. The van der Waals surface area contributed by atoms with Crippen LogP contribution in [0.4, 0.5) is 0 Å². The predicted molar refractivity (Wildman–Crippen MR) is 75.4 cm³/mol. The molecule has 0 nitrogen and oxygen atoms in total. The Hall–Kier alpha value is -0.600. The van der Waals surface area contributed by atoms with Crippen molar-refractivity contribution in [2.45, 2.75) is 13.3 Å². The molecule has 0 N–H and O–H groups in total. The second-order valence-corrected chi connectivity index (χ2v) is 5.22. The van der Waals surface area contributed by atoms with E-state index >= 15 is 0 Å². The summed E-state index contributed by atoms with van der Waals surface area (Å²) in [5, 5.41) is 0. The van der Waals surface area contributed by atoms with E-state index in [-0.39, 0.29) is 0 Å². The van der Waals surface area contributed by atoms with Crippen molar-refractivity contribution in [2.75, 3.05) is 5.75 Å². The van der Waals surface area contributed by atoms with E-state index in [9.17, 15) is 0 Å². The molecule has 0 spiro atoms. The van der Waals surface area contributed by atoms with Crippen LogP contribution in [0.2, 0.25) is 0 Å². The summed E-state index contributed by atoms with van der Waals surface area (Å²) in [7, 11) is 0. The molecule has 0 aliphatic rings. The maximum Gasteiger partial charge on any atom is 0.00753 e. The summed E-state index contributed by atoms with van der Waals surface area (Å²) < 4.78 is 0. The summed E-state index contributed by atoms with van der Waals surface area (Å²) >= 11 is 5.94. The zero-order valence-corrected chi connectivity index (χ0v) is 10.7. The lowest BCUT2D eigenvalue weighted by molar-refractivity contribution is 1.24. The standard InChI is InChI=1S/C13H16S2/c1-10-6-4-5-7-13(10)12(3)15-9-8-11(2)14/h4-7,14H,2-3,8-9H2,1H3. The number of aryl methyl sites for hydroxylation is 1. The minimum absolute atomic E-state index is 0.929. The van der Waals surface area contributed by atoms with Crippen LogP contribution in [0.15, 0.2) is 42.3 Å². The average molecular weight is 236 g/mol. The first kappa shape index (κ1) is 12.5. The van der Waals surface area contributed by atoms with Gasteiger partial charge in [0.25, 0.3) is 0 Å². The van der Waals surface area contributed by atoms with Gasteiger partial charge in [-0.25, -0.2) is 0 Å². The van der Waals surface area contributed by atoms with Crippen LogP contribution >= 0.6 is 24.4 Å². The van der Waals surface area contributed by atoms with Gasteiger partial charge in [0.15, 0.2) is 0 Å². The van der Waals surface area contributed by atoms with Gasteiger partial charge in [-0.3, -0.25) is 0 Å². The normalized spacial score (nSPS) is 10.0. The molecule has 0 unspecified atom stereocenters. The molecule has 1 aromatic rings. The monoisotopic (exact) mass is 236 g/mol. The number of benzene rings is 1. The average Bonchev–Trinajstić information content (AvgIpc) is 2.17. The Labute approximate surface area is 102 Å². The lowest BCUT2D eigenvalue weighted by Gasteiger charge is -2.08. The molecule has 0 radical (unpaired) electrons. The first-order chi connectivity index (χ1) is 7.11. The van der Waals surface area contributed by atoms with Crippen molar-refractivity contribution in [3.8, 4) is 0 Å². The van der Waals surface area contributed by atoms with Gasteiger partial charge in [-0.2, -0.15) is 0 Å². The molecule has 1 rings (SSSR count). The van der Waals surface area contributed by atoms with Crippen LogP contribution in [-0.2, 0) is 0 Å². The second-order valence-electron chi connectivity index (χ2n) is 3.40. The molecule has 0 bridgehead atoms. The molecule has 1 aromatic carbocycles. The van der Waals surface area contributed by atoms with Gasteiger partial charge in [0, 0.05) is 10.7 Å². The van der Waals surface area contributed by atoms with E-state index in [0.717, 1.165) is 22.0 Å². The highest BCUT2D eigenvalue weighted by Gasteiger charge is 2.02. The van der Waals surface area contributed by atoms with Crippen LogP contribution < -0.4 is 0 Å². The van der Waals surface area contributed by atoms with E-state index in [0.29, 0.717) is 0 Å². The second kappa shape index (κ2) is 6.09. The number of rotatable bonds is 5. The molecule has 0 atom stereocenters. The molecular weight excluding hydrogens is 220 g/mol.